The van der Waals surface area contributed by atoms with E-state index < -0.39 is 0 Å². The van der Waals surface area contributed by atoms with Crippen molar-refractivity contribution < 1.29 is 9.59 Å². The third-order valence-electron chi connectivity index (χ3n) is 8.49. The Labute approximate surface area is 234 Å². The van der Waals surface area contributed by atoms with E-state index in [4.69, 9.17) is 0 Å². The zero-order valence-corrected chi connectivity index (χ0v) is 24.1. The summed E-state index contributed by atoms with van der Waals surface area (Å²) in [5, 5.41) is 2.16. The molecule has 208 valence electrons. The molecular weight excluding hydrogens is 484 g/mol. The Kier molecular flexibility index (Phi) is 8.13. The number of carbonyl (C=O) groups is 2. The molecule has 39 heavy (non-hydrogen) atoms. The normalized spacial score (nSPS) is 20.7. The van der Waals surface area contributed by atoms with Crippen molar-refractivity contribution in [2.24, 2.45) is 11.3 Å². The van der Waals surface area contributed by atoms with E-state index in [-0.39, 0.29) is 23.1 Å². The molecule has 2 fully saturated rings. The molecule has 2 amide bonds. The number of rotatable bonds is 6. The number of benzene rings is 2. The molecule has 6 heteroatoms. The highest BCUT2D eigenvalue weighted by atomic mass is 16.2. The molecule has 3 aliphatic heterocycles. The van der Waals surface area contributed by atoms with E-state index in [9.17, 15) is 9.59 Å². The number of hydrazine groups is 1. The van der Waals surface area contributed by atoms with Crippen LogP contribution in [-0.4, -0.2) is 54.3 Å². The van der Waals surface area contributed by atoms with Crippen molar-refractivity contribution in [1.29, 1.82) is 0 Å². The highest BCUT2D eigenvalue weighted by molar-refractivity contribution is 5.96. The molecular formula is C33H44N4O2. The molecule has 2 saturated heterocycles. The topological polar surface area (TPSA) is 55.9 Å². The van der Waals surface area contributed by atoms with Gasteiger partial charge in [-0.05, 0) is 54.4 Å². The first-order valence-electron chi connectivity index (χ1n) is 14.7. The maximum atomic E-state index is 14.0. The van der Waals surface area contributed by atoms with Crippen molar-refractivity contribution in [2.45, 2.75) is 65.7 Å². The highest BCUT2D eigenvalue weighted by Crippen LogP contribution is 2.37. The van der Waals surface area contributed by atoms with Gasteiger partial charge in [-0.15, -0.1) is 0 Å². The van der Waals surface area contributed by atoms with Crippen LogP contribution in [0, 0.1) is 11.3 Å². The van der Waals surface area contributed by atoms with E-state index in [0.29, 0.717) is 18.9 Å². The van der Waals surface area contributed by atoms with Crippen molar-refractivity contribution in [3.8, 4) is 0 Å². The van der Waals surface area contributed by atoms with Gasteiger partial charge in [-0.25, -0.2) is 5.43 Å². The van der Waals surface area contributed by atoms with Crippen LogP contribution < -0.4 is 10.4 Å². The van der Waals surface area contributed by atoms with Gasteiger partial charge in [0, 0.05) is 56.7 Å². The molecule has 0 radical (unpaired) electrons. The highest BCUT2D eigenvalue weighted by Gasteiger charge is 2.38. The molecule has 0 aromatic heterocycles. The van der Waals surface area contributed by atoms with Crippen molar-refractivity contribution in [2.75, 3.05) is 37.7 Å². The molecule has 1 atom stereocenters. The third-order valence-corrected chi connectivity index (χ3v) is 8.49. The smallest absolute Gasteiger partial charge is 0.253 e. The Morgan fingerprint density at radius 1 is 0.872 bits per heavy atom. The Balaban J connectivity index is 1.37. The van der Waals surface area contributed by atoms with Crippen LogP contribution in [0.2, 0.25) is 0 Å². The van der Waals surface area contributed by atoms with Crippen LogP contribution in [0.25, 0.3) is 0 Å². The van der Waals surface area contributed by atoms with E-state index in [0.717, 1.165) is 68.8 Å². The number of amides is 2. The molecule has 5 rings (SSSR count). The summed E-state index contributed by atoms with van der Waals surface area (Å²) in [7, 11) is 0. The first-order valence-corrected chi connectivity index (χ1v) is 14.7. The monoisotopic (exact) mass is 528 g/mol. The van der Waals surface area contributed by atoms with Crippen LogP contribution in [0.4, 0.5) is 5.69 Å². The van der Waals surface area contributed by atoms with Crippen molar-refractivity contribution in [3.63, 3.8) is 0 Å². The summed E-state index contributed by atoms with van der Waals surface area (Å²) in [6.45, 7) is 12.1. The predicted molar refractivity (Wildman–Crippen MR) is 157 cm³/mol. The largest absolute Gasteiger partial charge is 0.343 e. The van der Waals surface area contributed by atoms with Crippen LogP contribution in [0.3, 0.4) is 0 Å². The van der Waals surface area contributed by atoms with Crippen molar-refractivity contribution >= 4 is 17.5 Å². The summed E-state index contributed by atoms with van der Waals surface area (Å²) in [6, 6.07) is 19.2. The fourth-order valence-electron chi connectivity index (χ4n) is 6.29. The lowest BCUT2D eigenvalue weighted by Gasteiger charge is -2.37. The van der Waals surface area contributed by atoms with Crippen LogP contribution in [0.15, 0.2) is 65.9 Å². The average Bonchev–Trinajstić information content (AvgIpc) is 3.61. The van der Waals surface area contributed by atoms with Gasteiger partial charge in [0.1, 0.15) is 0 Å². The lowest BCUT2D eigenvalue weighted by molar-refractivity contribution is -0.134. The van der Waals surface area contributed by atoms with Crippen LogP contribution >= 0.6 is 0 Å². The Morgan fingerprint density at radius 2 is 1.51 bits per heavy atom. The third kappa shape index (κ3) is 6.22. The summed E-state index contributed by atoms with van der Waals surface area (Å²) >= 11 is 0. The molecule has 3 heterocycles. The Bertz CT molecular complexity index is 1190. The number of hydrogen-bond donors (Lipinski definition) is 1. The van der Waals surface area contributed by atoms with E-state index in [1.165, 1.54) is 11.1 Å². The molecule has 6 nitrogen and oxygen atoms in total. The molecule has 1 unspecified atom stereocenters. The molecule has 3 aliphatic rings. The quantitative estimate of drug-likeness (QED) is 0.537. The maximum Gasteiger partial charge on any atom is 0.253 e. The average molecular weight is 529 g/mol. The van der Waals surface area contributed by atoms with Gasteiger partial charge < -0.3 is 9.80 Å². The first kappa shape index (κ1) is 27.4. The lowest BCUT2D eigenvalue weighted by atomic mass is 9.88. The minimum atomic E-state index is -0.0137. The van der Waals surface area contributed by atoms with Crippen molar-refractivity contribution in [3.05, 3.63) is 77.0 Å². The molecule has 0 saturated carbocycles. The molecule has 0 bridgehead atoms. The van der Waals surface area contributed by atoms with Gasteiger partial charge in [-0.3, -0.25) is 14.6 Å². The van der Waals surface area contributed by atoms with Crippen LogP contribution in [0.5, 0.6) is 0 Å². The van der Waals surface area contributed by atoms with Crippen LogP contribution in [-0.2, 0) is 16.0 Å². The number of nitrogens with zero attached hydrogens (tertiary/aromatic N) is 3. The van der Waals surface area contributed by atoms with Gasteiger partial charge in [0.05, 0.1) is 11.3 Å². The summed E-state index contributed by atoms with van der Waals surface area (Å²) in [5.41, 5.74) is 9.22. The Morgan fingerprint density at radius 3 is 2.15 bits per heavy atom. The zero-order chi connectivity index (χ0) is 27.6. The number of likely N-dealkylation sites (tertiary alicyclic amines) is 2. The Hall–Kier alpha value is -3.12. The molecule has 2 aromatic rings. The second-order valence-corrected chi connectivity index (χ2v) is 12.6. The summed E-state index contributed by atoms with van der Waals surface area (Å²) in [4.78, 5) is 31.0. The predicted octanol–water partition coefficient (Wildman–Crippen LogP) is 5.52. The minimum Gasteiger partial charge on any atom is -0.343 e. The number of aryl methyl sites for hydroxylation is 1. The standard InChI is InChI=1S/C33H44N4O2/c1-5-24-11-13-28(14-12-24)37-31(26-15-18-35(19-16-26)30(38)21-33(2,3)4)29(22-34-37)32(39)36-20-17-27(23-36)25-9-7-6-8-10-25/h6-14,26-27,34H,5,15-23H2,1-4H3. The number of piperidine rings is 1. The van der Waals surface area contributed by atoms with Gasteiger partial charge in [0.25, 0.3) is 5.91 Å². The summed E-state index contributed by atoms with van der Waals surface area (Å²) < 4.78 is 0. The fraction of sp³-hybridized carbons (Fsp3) is 0.515. The van der Waals surface area contributed by atoms with E-state index in [1.807, 2.05) is 11.0 Å². The summed E-state index contributed by atoms with van der Waals surface area (Å²) in [5.74, 6) is 1.03. The first-order chi connectivity index (χ1) is 18.7. The lowest BCUT2D eigenvalue weighted by Crippen LogP contribution is -2.42. The van der Waals surface area contributed by atoms with Gasteiger partial charge >= 0.3 is 0 Å². The minimum absolute atomic E-state index is 0.0137. The van der Waals surface area contributed by atoms with E-state index in [1.54, 1.807) is 0 Å². The van der Waals surface area contributed by atoms with Gasteiger partial charge in [-0.1, -0.05) is 70.2 Å². The zero-order valence-electron chi connectivity index (χ0n) is 24.1. The van der Waals surface area contributed by atoms with Gasteiger partial charge in [0.15, 0.2) is 0 Å². The molecule has 0 aliphatic carbocycles. The van der Waals surface area contributed by atoms with E-state index in [2.05, 4.69) is 91.6 Å². The fourth-order valence-corrected chi connectivity index (χ4v) is 6.29. The molecule has 0 spiro atoms. The number of allylic oxidation sites excluding steroid dienone is 1. The molecule has 1 N–H and O–H groups in total. The van der Waals surface area contributed by atoms with Crippen molar-refractivity contribution in [1.82, 2.24) is 15.2 Å². The number of hydrogen-bond acceptors (Lipinski definition) is 4. The summed E-state index contributed by atoms with van der Waals surface area (Å²) in [6.07, 6.45) is 4.32. The number of anilines is 1. The van der Waals surface area contributed by atoms with Crippen LogP contribution in [0.1, 0.15) is 70.4 Å². The SMILES string of the molecule is CCc1ccc(N2NCC(C(=O)N3CCC(c4ccccc4)C3)=C2C2CCN(C(=O)CC(C)(C)C)CC2)cc1. The second kappa shape index (κ2) is 11.5. The maximum absolute atomic E-state index is 14.0. The van der Waals surface area contributed by atoms with Gasteiger partial charge in [-0.2, -0.15) is 0 Å². The molecule has 2 aromatic carbocycles. The second-order valence-electron chi connectivity index (χ2n) is 12.6. The number of carbonyl (C=O) groups excluding carboxylic acids is 2. The van der Waals surface area contributed by atoms with Gasteiger partial charge in [0.2, 0.25) is 5.91 Å². The number of nitrogens with one attached hydrogen (secondary N) is 1. The van der Waals surface area contributed by atoms with E-state index >= 15 is 0 Å².